The van der Waals surface area contributed by atoms with Crippen molar-refractivity contribution in [1.82, 2.24) is 15.1 Å². The number of halogens is 3. The Labute approximate surface area is 193 Å². The standard InChI is InChI=1S/C25H22F3N3O3/c26-25(27,28)33-19-9-6-16(7-10-19)18-8-11-22-20(14-18)24(31-34-22)32-15-23-29-13-12-21(30-23)17-4-2-1-3-5-17/h6-14,17H,1-5,15H2. The Morgan fingerprint density at radius 1 is 0.941 bits per heavy atom. The van der Waals surface area contributed by atoms with Crippen LogP contribution in [0.25, 0.3) is 22.1 Å². The third kappa shape index (κ3) is 5.13. The Kier molecular flexibility index (Phi) is 6.08. The van der Waals surface area contributed by atoms with Crippen molar-refractivity contribution in [3.63, 3.8) is 0 Å². The van der Waals surface area contributed by atoms with Gasteiger partial charge in [-0.1, -0.05) is 37.5 Å². The molecule has 1 aliphatic rings. The van der Waals surface area contributed by atoms with Gasteiger partial charge in [-0.15, -0.1) is 13.2 Å². The SMILES string of the molecule is FC(F)(F)Oc1ccc(-c2ccc3onc(OCc4nccc(C5CCCCC5)n4)c3c2)cc1. The summed E-state index contributed by atoms with van der Waals surface area (Å²) in [7, 11) is 0. The van der Waals surface area contributed by atoms with Gasteiger partial charge in [-0.3, -0.25) is 0 Å². The molecule has 2 heterocycles. The molecular formula is C25H22F3N3O3. The summed E-state index contributed by atoms with van der Waals surface area (Å²) < 4.78 is 52.4. The topological polar surface area (TPSA) is 70.3 Å². The first-order valence-corrected chi connectivity index (χ1v) is 11.1. The number of fused-ring (bicyclic) bond motifs is 1. The summed E-state index contributed by atoms with van der Waals surface area (Å²) in [6.07, 6.45) is 3.08. The molecule has 2 aromatic carbocycles. The maximum atomic E-state index is 12.4. The molecule has 5 rings (SSSR count). The first-order valence-electron chi connectivity index (χ1n) is 11.1. The fourth-order valence-corrected chi connectivity index (χ4v) is 4.29. The van der Waals surface area contributed by atoms with Gasteiger partial charge in [0.25, 0.3) is 5.88 Å². The minimum atomic E-state index is -4.73. The van der Waals surface area contributed by atoms with Gasteiger partial charge < -0.3 is 14.0 Å². The zero-order chi connectivity index (χ0) is 23.5. The van der Waals surface area contributed by atoms with Crippen LogP contribution in [0.1, 0.15) is 49.5 Å². The van der Waals surface area contributed by atoms with E-state index in [0.29, 0.717) is 34.2 Å². The zero-order valence-corrected chi connectivity index (χ0v) is 18.2. The van der Waals surface area contributed by atoms with Crippen molar-refractivity contribution in [2.45, 2.75) is 51.0 Å². The van der Waals surface area contributed by atoms with Crippen molar-refractivity contribution in [1.29, 1.82) is 0 Å². The predicted octanol–water partition coefficient (Wildman–Crippen LogP) is 6.81. The summed E-state index contributed by atoms with van der Waals surface area (Å²) in [4.78, 5) is 9.01. The molecule has 1 saturated carbocycles. The Morgan fingerprint density at radius 2 is 1.71 bits per heavy atom. The number of ether oxygens (including phenoxy) is 2. The lowest BCUT2D eigenvalue weighted by atomic mass is 9.87. The molecule has 0 amide bonds. The molecule has 34 heavy (non-hydrogen) atoms. The van der Waals surface area contributed by atoms with Gasteiger partial charge in [-0.25, -0.2) is 9.97 Å². The van der Waals surface area contributed by atoms with Crippen LogP contribution in [0, 0.1) is 0 Å². The average Bonchev–Trinajstić information content (AvgIpc) is 3.25. The van der Waals surface area contributed by atoms with Gasteiger partial charge in [0.05, 0.1) is 5.39 Å². The highest BCUT2D eigenvalue weighted by atomic mass is 19.4. The average molecular weight is 469 g/mol. The lowest BCUT2D eigenvalue weighted by Gasteiger charge is -2.21. The Bertz CT molecular complexity index is 1270. The van der Waals surface area contributed by atoms with Crippen LogP contribution in [-0.2, 0) is 6.61 Å². The van der Waals surface area contributed by atoms with Crippen LogP contribution in [0.2, 0.25) is 0 Å². The number of nitrogens with zero attached hydrogens (tertiary/aromatic N) is 3. The molecule has 0 atom stereocenters. The van der Waals surface area contributed by atoms with Crippen molar-refractivity contribution >= 4 is 11.0 Å². The van der Waals surface area contributed by atoms with E-state index in [-0.39, 0.29) is 12.4 Å². The largest absolute Gasteiger partial charge is 0.573 e. The highest BCUT2D eigenvalue weighted by Gasteiger charge is 2.31. The normalized spacial score (nSPS) is 14.9. The Balaban J connectivity index is 1.32. The van der Waals surface area contributed by atoms with Gasteiger partial charge in [0.2, 0.25) is 0 Å². The molecule has 9 heteroatoms. The molecule has 4 aromatic rings. The summed E-state index contributed by atoms with van der Waals surface area (Å²) in [5.74, 6) is 1.08. The maximum absolute atomic E-state index is 12.4. The third-order valence-corrected chi connectivity index (χ3v) is 5.95. The van der Waals surface area contributed by atoms with Gasteiger partial charge >= 0.3 is 6.36 Å². The number of rotatable bonds is 6. The highest BCUT2D eigenvalue weighted by molar-refractivity contribution is 5.87. The molecule has 0 N–H and O–H groups in total. The highest BCUT2D eigenvalue weighted by Crippen LogP contribution is 2.33. The van der Waals surface area contributed by atoms with Crippen LogP contribution in [0.3, 0.4) is 0 Å². The minimum Gasteiger partial charge on any atom is -0.467 e. The van der Waals surface area contributed by atoms with Gasteiger partial charge in [-0.05, 0) is 59.5 Å². The van der Waals surface area contributed by atoms with Crippen molar-refractivity contribution in [2.24, 2.45) is 0 Å². The molecule has 176 valence electrons. The number of benzene rings is 2. The smallest absolute Gasteiger partial charge is 0.467 e. The van der Waals surface area contributed by atoms with E-state index < -0.39 is 6.36 Å². The first-order chi connectivity index (χ1) is 16.4. The van der Waals surface area contributed by atoms with Crippen LogP contribution >= 0.6 is 0 Å². The molecule has 0 bridgehead atoms. The summed E-state index contributed by atoms with van der Waals surface area (Å²) in [5.41, 5.74) is 3.08. The second-order valence-corrected chi connectivity index (χ2v) is 8.29. The van der Waals surface area contributed by atoms with Gasteiger partial charge in [0.15, 0.2) is 11.4 Å². The van der Waals surface area contributed by atoms with E-state index in [1.54, 1.807) is 30.5 Å². The van der Waals surface area contributed by atoms with Crippen LogP contribution in [-0.4, -0.2) is 21.5 Å². The summed E-state index contributed by atoms with van der Waals surface area (Å²) in [5, 5.41) is 4.66. The molecule has 0 saturated heterocycles. The molecule has 0 radical (unpaired) electrons. The van der Waals surface area contributed by atoms with Crippen LogP contribution in [0.15, 0.2) is 59.3 Å². The predicted molar refractivity (Wildman–Crippen MR) is 118 cm³/mol. The van der Waals surface area contributed by atoms with E-state index in [1.807, 2.05) is 12.1 Å². The Morgan fingerprint density at radius 3 is 2.47 bits per heavy atom. The molecule has 2 aromatic heterocycles. The molecular weight excluding hydrogens is 447 g/mol. The van der Waals surface area contributed by atoms with E-state index in [9.17, 15) is 13.2 Å². The molecule has 0 unspecified atom stereocenters. The first kappa shape index (κ1) is 22.2. The van der Waals surface area contributed by atoms with E-state index in [0.717, 1.165) is 24.1 Å². The second kappa shape index (κ2) is 9.32. The second-order valence-electron chi connectivity index (χ2n) is 8.29. The Hall–Kier alpha value is -3.62. The summed E-state index contributed by atoms with van der Waals surface area (Å²) >= 11 is 0. The number of aromatic nitrogens is 3. The summed E-state index contributed by atoms with van der Waals surface area (Å²) in [6.45, 7) is 0.149. The van der Waals surface area contributed by atoms with Gasteiger partial charge in [-0.2, -0.15) is 0 Å². The lowest BCUT2D eigenvalue weighted by molar-refractivity contribution is -0.274. The van der Waals surface area contributed by atoms with Crippen molar-refractivity contribution < 1.29 is 27.2 Å². The molecule has 1 fully saturated rings. The number of hydrogen-bond donors (Lipinski definition) is 0. The van der Waals surface area contributed by atoms with Crippen LogP contribution < -0.4 is 9.47 Å². The molecule has 0 aliphatic heterocycles. The van der Waals surface area contributed by atoms with Crippen molar-refractivity contribution in [3.8, 4) is 22.8 Å². The lowest BCUT2D eigenvalue weighted by Crippen LogP contribution is -2.16. The molecule has 6 nitrogen and oxygen atoms in total. The summed E-state index contributed by atoms with van der Waals surface area (Å²) in [6, 6.07) is 13.0. The van der Waals surface area contributed by atoms with E-state index in [1.165, 1.54) is 31.4 Å². The van der Waals surface area contributed by atoms with Gasteiger partial charge in [0, 0.05) is 17.8 Å². The van der Waals surface area contributed by atoms with Crippen molar-refractivity contribution in [3.05, 3.63) is 66.2 Å². The fraction of sp³-hybridized carbons (Fsp3) is 0.320. The van der Waals surface area contributed by atoms with Crippen molar-refractivity contribution in [2.75, 3.05) is 0 Å². The third-order valence-electron chi connectivity index (χ3n) is 5.95. The molecule has 0 spiro atoms. The number of hydrogen-bond acceptors (Lipinski definition) is 6. The van der Waals surface area contributed by atoms with E-state index in [2.05, 4.69) is 19.9 Å². The maximum Gasteiger partial charge on any atom is 0.573 e. The monoisotopic (exact) mass is 469 g/mol. The van der Waals surface area contributed by atoms with Crippen LogP contribution in [0.4, 0.5) is 13.2 Å². The molecule has 1 aliphatic carbocycles. The van der Waals surface area contributed by atoms with Crippen LogP contribution in [0.5, 0.6) is 11.6 Å². The van der Waals surface area contributed by atoms with Gasteiger partial charge in [0.1, 0.15) is 12.4 Å². The zero-order valence-electron chi connectivity index (χ0n) is 18.2. The minimum absolute atomic E-state index is 0.149. The quantitative estimate of drug-likeness (QED) is 0.309. The fourth-order valence-electron chi connectivity index (χ4n) is 4.29. The van der Waals surface area contributed by atoms with E-state index >= 15 is 0 Å². The van der Waals surface area contributed by atoms with E-state index in [4.69, 9.17) is 9.26 Å². The number of alkyl halides is 3.